The predicted molar refractivity (Wildman–Crippen MR) is 85.7 cm³/mol. The van der Waals surface area contributed by atoms with E-state index in [1.54, 1.807) is 18.6 Å². The van der Waals surface area contributed by atoms with Gasteiger partial charge in [-0.2, -0.15) is 0 Å². The third-order valence-electron chi connectivity index (χ3n) is 4.54. The summed E-state index contributed by atoms with van der Waals surface area (Å²) in [6.07, 6.45) is 11.8. The van der Waals surface area contributed by atoms with Gasteiger partial charge in [-0.25, -0.2) is 4.98 Å². The topological polar surface area (TPSA) is 50.5 Å². The molecule has 1 saturated heterocycles. The molecule has 118 valence electrons. The van der Waals surface area contributed by atoms with Gasteiger partial charge in [-0.3, -0.25) is 9.78 Å². The minimum Gasteiger partial charge on any atom is -0.337 e. The van der Waals surface area contributed by atoms with Gasteiger partial charge in [-0.05, 0) is 24.7 Å². The summed E-state index contributed by atoms with van der Waals surface area (Å²) in [6.45, 7) is 6.26. The molecule has 1 amide bonds. The largest absolute Gasteiger partial charge is 0.337 e. The Morgan fingerprint density at radius 3 is 2.82 bits per heavy atom. The van der Waals surface area contributed by atoms with Gasteiger partial charge >= 0.3 is 0 Å². The van der Waals surface area contributed by atoms with Gasteiger partial charge in [0.05, 0.1) is 6.20 Å². The highest BCUT2D eigenvalue weighted by molar-refractivity contribution is 5.92. The lowest BCUT2D eigenvalue weighted by atomic mass is 9.89. The molecule has 5 nitrogen and oxygen atoms in total. The fourth-order valence-electron chi connectivity index (χ4n) is 3.10. The predicted octanol–water partition coefficient (Wildman–Crippen LogP) is 3.02. The van der Waals surface area contributed by atoms with Crippen LogP contribution in [0.4, 0.5) is 0 Å². The van der Waals surface area contributed by atoms with Crippen LogP contribution in [0.2, 0.25) is 0 Å². The van der Waals surface area contributed by atoms with E-state index >= 15 is 0 Å². The summed E-state index contributed by atoms with van der Waals surface area (Å²) in [7, 11) is 0. The van der Waals surface area contributed by atoms with Crippen LogP contribution in [0.3, 0.4) is 0 Å². The van der Waals surface area contributed by atoms with Crippen molar-refractivity contribution in [2.75, 3.05) is 13.1 Å². The van der Waals surface area contributed by atoms with Gasteiger partial charge in [0.25, 0.3) is 5.91 Å². The van der Waals surface area contributed by atoms with Crippen molar-refractivity contribution >= 4 is 11.6 Å². The highest BCUT2D eigenvalue weighted by atomic mass is 16.2. The Morgan fingerprint density at radius 2 is 2.14 bits per heavy atom. The number of carbonyl (C=O) groups is 1. The number of nitrogens with zero attached hydrogens (tertiary/aromatic N) is 4. The molecule has 0 N–H and O–H groups in total. The summed E-state index contributed by atoms with van der Waals surface area (Å²) >= 11 is 0. The van der Waals surface area contributed by atoms with Gasteiger partial charge in [-0.15, -0.1) is 0 Å². The molecule has 0 saturated carbocycles. The lowest BCUT2D eigenvalue weighted by Gasteiger charge is -2.31. The minimum absolute atomic E-state index is 0.0472. The van der Waals surface area contributed by atoms with E-state index in [1.807, 2.05) is 15.5 Å². The third kappa shape index (κ3) is 3.29. The number of imidazole rings is 1. The summed E-state index contributed by atoms with van der Waals surface area (Å²) in [5, 5.41) is 0. The quantitative estimate of drug-likeness (QED) is 0.872. The average Bonchev–Trinajstić information content (AvgIpc) is 2.96. The first kappa shape index (κ1) is 15.0. The highest BCUT2D eigenvalue weighted by Crippen LogP contribution is 2.24. The van der Waals surface area contributed by atoms with E-state index in [9.17, 15) is 4.79 Å². The van der Waals surface area contributed by atoms with Crippen LogP contribution < -0.4 is 0 Å². The molecule has 0 aliphatic carbocycles. The van der Waals surface area contributed by atoms with Crippen molar-refractivity contribution in [1.29, 1.82) is 0 Å². The fraction of sp³-hybridized carbons (Fsp3) is 0.588. The summed E-state index contributed by atoms with van der Waals surface area (Å²) in [4.78, 5) is 22.9. The van der Waals surface area contributed by atoms with E-state index in [0.29, 0.717) is 5.69 Å². The zero-order valence-electron chi connectivity index (χ0n) is 13.4. The van der Waals surface area contributed by atoms with Crippen molar-refractivity contribution in [2.45, 2.75) is 39.5 Å². The second-order valence-electron chi connectivity index (χ2n) is 6.67. The molecule has 2 aromatic heterocycles. The molecule has 0 atom stereocenters. The number of piperidine rings is 1. The molecular formula is C17H24N4O. The van der Waals surface area contributed by atoms with Crippen molar-refractivity contribution in [3.63, 3.8) is 0 Å². The Bertz CT molecular complexity index is 608. The van der Waals surface area contributed by atoms with Crippen LogP contribution in [0.15, 0.2) is 24.8 Å². The molecule has 1 aliphatic heterocycles. The van der Waals surface area contributed by atoms with Gasteiger partial charge in [0.15, 0.2) is 5.65 Å². The third-order valence-corrected chi connectivity index (χ3v) is 4.54. The summed E-state index contributed by atoms with van der Waals surface area (Å²) in [6, 6.07) is 0. The Balaban J connectivity index is 1.60. The molecule has 5 heteroatoms. The standard InChI is InChI=1S/C17H24N4O/c1-13(2)3-4-14-5-8-20(9-6-14)17(22)15-12-21-10-7-18-11-16(21)19-15/h7,10-14H,3-6,8-9H2,1-2H3. The lowest BCUT2D eigenvalue weighted by Crippen LogP contribution is -2.38. The second kappa shape index (κ2) is 6.46. The molecule has 3 heterocycles. The molecular weight excluding hydrogens is 276 g/mol. The van der Waals surface area contributed by atoms with E-state index in [0.717, 1.165) is 43.4 Å². The molecule has 2 aromatic rings. The van der Waals surface area contributed by atoms with Gasteiger partial charge in [0, 0.05) is 31.7 Å². The van der Waals surface area contributed by atoms with Crippen molar-refractivity contribution in [3.8, 4) is 0 Å². The normalized spacial score (nSPS) is 16.6. The molecule has 0 spiro atoms. The van der Waals surface area contributed by atoms with E-state index < -0.39 is 0 Å². The van der Waals surface area contributed by atoms with Crippen molar-refractivity contribution < 1.29 is 4.79 Å². The van der Waals surface area contributed by atoms with Crippen LogP contribution in [0.25, 0.3) is 5.65 Å². The van der Waals surface area contributed by atoms with Gasteiger partial charge in [0.2, 0.25) is 0 Å². The highest BCUT2D eigenvalue weighted by Gasteiger charge is 2.25. The first-order valence-electron chi connectivity index (χ1n) is 8.21. The van der Waals surface area contributed by atoms with E-state index in [1.165, 1.54) is 12.8 Å². The van der Waals surface area contributed by atoms with Crippen LogP contribution >= 0.6 is 0 Å². The summed E-state index contributed by atoms with van der Waals surface area (Å²) in [5.74, 6) is 1.59. The molecule has 1 fully saturated rings. The molecule has 0 radical (unpaired) electrons. The van der Waals surface area contributed by atoms with Gasteiger partial charge in [-0.1, -0.05) is 26.7 Å². The minimum atomic E-state index is 0.0472. The number of carbonyl (C=O) groups excluding carboxylic acids is 1. The summed E-state index contributed by atoms with van der Waals surface area (Å²) < 4.78 is 1.84. The summed E-state index contributed by atoms with van der Waals surface area (Å²) in [5.41, 5.74) is 1.24. The Hall–Kier alpha value is -1.91. The van der Waals surface area contributed by atoms with Crippen molar-refractivity contribution in [1.82, 2.24) is 19.3 Å². The van der Waals surface area contributed by atoms with Crippen LogP contribution in [0.1, 0.15) is 50.0 Å². The lowest BCUT2D eigenvalue weighted by molar-refractivity contribution is 0.0679. The van der Waals surface area contributed by atoms with E-state index in [4.69, 9.17) is 0 Å². The molecule has 0 aromatic carbocycles. The maximum Gasteiger partial charge on any atom is 0.274 e. The van der Waals surface area contributed by atoms with Crippen molar-refractivity contribution in [3.05, 3.63) is 30.5 Å². The number of amides is 1. The number of likely N-dealkylation sites (tertiary alicyclic amines) is 1. The smallest absolute Gasteiger partial charge is 0.274 e. The molecule has 3 rings (SSSR count). The molecule has 1 aliphatic rings. The number of fused-ring (bicyclic) bond motifs is 1. The molecule has 0 unspecified atom stereocenters. The zero-order chi connectivity index (χ0) is 15.5. The number of hydrogen-bond acceptors (Lipinski definition) is 3. The Kier molecular flexibility index (Phi) is 4.41. The van der Waals surface area contributed by atoms with Gasteiger partial charge in [0.1, 0.15) is 5.69 Å². The zero-order valence-corrected chi connectivity index (χ0v) is 13.4. The first-order chi connectivity index (χ1) is 10.6. The average molecular weight is 300 g/mol. The molecule has 0 bridgehead atoms. The number of hydrogen-bond donors (Lipinski definition) is 0. The number of rotatable bonds is 4. The van der Waals surface area contributed by atoms with Gasteiger partial charge < -0.3 is 9.30 Å². The Morgan fingerprint density at radius 1 is 1.36 bits per heavy atom. The van der Waals surface area contributed by atoms with Crippen LogP contribution in [0, 0.1) is 11.8 Å². The van der Waals surface area contributed by atoms with Crippen molar-refractivity contribution in [2.24, 2.45) is 11.8 Å². The van der Waals surface area contributed by atoms with E-state index in [2.05, 4.69) is 23.8 Å². The van der Waals surface area contributed by atoms with E-state index in [-0.39, 0.29) is 5.91 Å². The first-order valence-corrected chi connectivity index (χ1v) is 8.21. The maximum absolute atomic E-state index is 12.6. The number of aromatic nitrogens is 3. The monoisotopic (exact) mass is 300 g/mol. The maximum atomic E-state index is 12.6. The SMILES string of the molecule is CC(C)CCC1CCN(C(=O)c2cn3ccncc3n2)CC1. The second-order valence-corrected chi connectivity index (χ2v) is 6.67. The Labute approximate surface area is 131 Å². The fourth-order valence-corrected chi connectivity index (χ4v) is 3.10. The molecule has 22 heavy (non-hydrogen) atoms. The van der Waals surface area contributed by atoms with Crippen LogP contribution in [-0.2, 0) is 0 Å². The van der Waals surface area contributed by atoms with Crippen LogP contribution in [0.5, 0.6) is 0 Å². The van der Waals surface area contributed by atoms with Crippen LogP contribution in [-0.4, -0.2) is 38.3 Å².